The predicted octanol–water partition coefficient (Wildman–Crippen LogP) is 5.57. The number of nitrogens with zero attached hydrogens (tertiary/aromatic N) is 2. The Morgan fingerprint density at radius 1 is 0.905 bits per heavy atom. The minimum absolute atomic E-state index is 0.103. The van der Waals surface area contributed by atoms with Crippen LogP contribution in [0.3, 0.4) is 0 Å². The predicted molar refractivity (Wildman–Crippen MR) is 153 cm³/mol. The summed E-state index contributed by atoms with van der Waals surface area (Å²) >= 11 is 0. The van der Waals surface area contributed by atoms with Gasteiger partial charge in [-0.2, -0.15) is 13.2 Å². The number of rotatable bonds is 8. The summed E-state index contributed by atoms with van der Waals surface area (Å²) in [6.45, 7) is 6.80. The van der Waals surface area contributed by atoms with E-state index in [1.54, 1.807) is 13.0 Å². The van der Waals surface area contributed by atoms with Gasteiger partial charge in [0, 0.05) is 22.6 Å². The zero-order valence-corrected chi connectivity index (χ0v) is 23.5. The molecule has 0 saturated heterocycles. The molecule has 4 rings (SSSR count). The van der Waals surface area contributed by atoms with Gasteiger partial charge < -0.3 is 4.57 Å². The first-order chi connectivity index (χ1) is 19.8. The molecule has 0 fully saturated rings. The highest BCUT2D eigenvalue weighted by Gasteiger charge is 2.32. The number of para-hydroxylation sites is 1. The standard InChI is InChI=1S/C30H27F3N4O4S/c1-4-16-36(25-14-9-11-23(19-25)30(31,32)33)42(40,41)26-15-8-10-22(18-26)28(38)34-35-29(39)27-17-20(2)37(21(27)3)24-12-6-5-7-13-24/h4-15,17-19H,1,16H2,2-3H3,(H,34,38)(H,35,39). The highest BCUT2D eigenvalue weighted by molar-refractivity contribution is 7.92. The highest BCUT2D eigenvalue weighted by Crippen LogP contribution is 2.33. The van der Waals surface area contributed by atoms with Crippen LogP contribution in [0, 0.1) is 13.8 Å². The first kappa shape index (κ1) is 30.1. The number of alkyl halides is 3. The van der Waals surface area contributed by atoms with E-state index < -0.39 is 33.6 Å². The Bertz CT molecular complexity index is 1750. The summed E-state index contributed by atoms with van der Waals surface area (Å²) in [5.74, 6) is -1.38. The number of carbonyl (C=O) groups is 2. The zero-order valence-electron chi connectivity index (χ0n) is 22.6. The number of amides is 2. The van der Waals surface area contributed by atoms with E-state index in [0.717, 1.165) is 40.0 Å². The third-order valence-electron chi connectivity index (χ3n) is 6.42. The lowest BCUT2D eigenvalue weighted by Gasteiger charge is -2.24. The van der Waals surface area contributed by atoms with Crippen molar-refractivity contribution in [1.82, 2.24) is 15.4 Å². The van der Waals surface area contributed by atoms with E-state index in [1.807, 2.05) is 41.8 Å². The highest BCUT2D eigenvalue weighted by atomic mass is 32.2. The summed E-state index contributed by atoms with van der Waals surface area (Å²) < 4.78 is 69.5. The molecule has 0 aliphatic rings. The van der Waals surface area contributed by atoms with Gasteiger partial charge in [-0.3, -0.25) is 24.7 Å². The zero-order chi connectivity index (χ0) is 30.7. The second kappa shape index (κ2) is 12.0. The third kappa shape index (κ3) is 6.23. The molecule has 0 atom stereocenters. The topological polar surface area (TPSA) is 101 Å². The van der Waals surface area contributed by atoms with Crippen molar-refractivity contribution in [2.24, 2.45) is 0 Å². The smallest absolute Gasteiger partial charge is 0.318 e. The maximum Gasteiger partial charge on any atom is 0.416 e. The van der Waals surface area contributed by atoms with E-state index in [-0.39, 0.29) is 22.7 Å². The minimum atomic E-state index is -4.68. The first-order valence-corrected chi connectivity index (χ1v) is 14.0. The lowest BCUT2D eigenvalue weighted by molar-refractivity contribution is -0.137. The molecule has 4 aromatic rings. The number of benzene rings is 3. The molecule has 3 aromatic carbocycles. The number of sulfonamides is 1. The molecule has 0 radical (unpaired) electrons. The van der Waals surface area contributed by atoms with Gasteiger partial charge in [0.05, 0.1) is 28.3 Å². The number of halogens is 3. The van der Waals surface area contributed by atoms with E-state index in [2.05, 4.69) is 17.4 Å². The fraction of sp³-hybridized carbons (Fsp3) is 0.133. The fourth-order valence-electron chi connectivity index (χ4n) is 4.44. The van der Waals surface area contributed by atoms with Crippen molar-refractivity contribution in [3.8, 4) is 5.69 Å². The number of hydrogen-bond acceptors (Lipinski definition) is 4. The van der Waals surface area contributed by atoms with Crippen LogP contribution in [0.2, 0.25) is 0 Å². The molecule has 0 aliphatic carbocycles. The Balaban J connectivity index is 1.54. The van der Waals surface area contributed by atoms with Crippen molar-refractivity contribution < 1.29 is 31.2 Å². The largest absolute Gasteiger partial charge is 0.416 e. The second-order valence-corrected chi connectivity index (χ2v) is 11.1. The average molecular weight is 597 g/mol. The van der Waals surface area contributed by atoms with E-state index in [1.165, 1.54) is 30.3 Å². The minimum Gasteiger partial charge on any atom is -0.318 e. The van der Waals surface area contributed by atoms with Crippen LogP contribution in [0.15, 0.2) is 102 Å². The third-order valence-corrected chi connectivity index (χ3v) is 8.21. The van der Waals surface area contributed by atoms with Crippen molar-refractivity contribution in [1.29, 1.82) is 0 Å². The number of anilines is 1. The molecular weight excluding hydrogens is 569 g/mol. The van der Waals surface area contributed by atoms with Gasteiger partial charge in [0.25, 0.3) is 21.8 Å². The Morgan fingerprint density at radius 2 is 1.57 bits per heavy atom. The maximum atomic E-state index is 13.5. The van der Waals surface area contributed by atoms with Gasteiger partial charge in [-0.1, -0.05) is 36.4 Å². The second-order valence-electron chi connectivity index (χ2n) is 9.26. The number of carbonyl (C=O) groups excluding carboxylic acids is 2. The number of aryl methyl sites for hydroxylation is 1. The fourth-order valence-corrected chi connectivity index (χ4v) is 5.92. The summed E-state index contributed by atoms with van der Waals surface area (Å²) in [5, 5.41) is 0. The molecular formula is C30H27F3N4O4S. The number of aromatic nitrogens is 1. The number of hydrogen-bond donors (Lipinski definition) is 2. The van der Waals surface area contributed by atoms with Gasteiger partial charge >= 0.3 is 6.18 Å². The molecule has 218 valence electrons. The van der Waals surface area contributed by atoms with Gasteiger partial charge in [-0.05, 0) is 68.4 Å². The Kier molecular flexibility index (Phi) is 8.57. The van der Waals surface area contributed by atoms with Crippen molar-refractivity contribution >= 4 is 27.5 Å². The van der Waals surface area contributed by atoms with Gasteiger partial charge in [-0.15, -0.1) is 6.58 Å². The molecule has 1 aromatic heterocycles. The lowest BCUT2D eigenvalue weighted by Crippen LogP contribution is -2.41. The average Bonchev–Trinajstić information content (AvgIpc) is 3.27. The van der Waals surface area contributed by atoms with Gasteiger partial charge in [0.1, 0.15) is 0 Å². The molecule has 12 heteroatoms. The summed E-state index contributed by atoms with van der Waals surface area (Å²) in [5.41, 5.74) is 5.93. The van der Waals surface area contributed by atoms with Crippen LogP contribution in [0.1, 0.15) is 37.7 Å². The molecule has 0 aliphatic heterocycles. The molecule has 1 heterocycles. The molecule has 0 bridgehead atoms. The molecule has 0 spiro atoms. The van der Waals surface area contributed by atoms with Crippen LogP contribution in [0.25, 0.3) is 5.69 Å². The van der Waals surface area contributed by atoms with Crippen molar-refractivity contribution in [3.05, 3.63) is 126 Å². The molecule has 0 unspecified atom stereocenters. The Morgan fingerprint density at radius 3 is 2.24 bits per heavy atom. The van der Waals surface area contributed by atoms with Gasteiger partial charge in [0.2, 0.25) is 0 Å². The van der Waals surface area contributed by atoms with Crippen LogP contribution < -0.4 is 15.2 Å². The maximum absolute atomic E-state index is 13.5. The Hall–Kier alpha value is -4.84. The number of nitrogens with one attached hydrogen (secondary N) is 2. The summed E-state index contributed by atoms with van der Waals surface area (Å²) in [7, 11) is -4.42. The summed E-state index contributed by atoms with van der Waals surface area (Å²) in [4.78, 5) is 25.4. The normalized spacial score (nSPS) is 11.5. The van der Waals surface area contributed by atoms with Gasteiger partial charge in [-0.25, -0.2) is 8.42 Å². The van der Waals surface area contributed by atoms with E-state index in [0.29, 0.717) is 11.3 Å². The monoisotopic (exact) mass is 596 g/mol. The summed E-state index contributed by atoms with van der Waals surface area (Å²) in [6, 6.07) is 19.9. The quantitative estimate of drug-likeness (QED) is 0.205. The molecule has 2 amide bonds. The van der Waals surface area contributed by atoms with E-state index >= 15 is 0 Å². The molecule has 2 N–H and O–H groups in total. The lowest BCUT2D eigenvalue weighted by atomic mass is 10.2. The number of hydrazine groups is 1. The van der Waals surface area contributed by atoms with Crippen molar-refractivity contribution in [2.75, 3.05) is 10.8 Å². The summed E-state index contributed by atoms with van der Waals surface area (Å²) in [6.07, 6.45) is -3.44. The first-order valence-electron chi connectivity index (χ1n) is 12.6. The van der Waals surface area contributed by atoms with Crippen molar-refractivity contribution in [2.45, 2.75) is 24.9 Å². The SMILES string of the molecule is C=CCN(c1cccc(C(F)(F)F)c1)S(=O)(=O)c1cccc(C(=O)NNC(=O)c2cc(C)n(-c3ccccc3)c2C)c1. The van der Waals surface area contributed by atoms with Gasteiger partial charge in [0.15, 0.2) is 0 Å². The molecule has 0 saturated carbocycles. The molecule has 8 nitrogen and oxygen atoms in total. The van der Waals surface area contributed by atoms with E-state index in [4.69, 9.17) is 0 Å². The van der Waals surface area contributed by atoms with Crippen molar-refractivity contribution in [3.63, 3.8) is 0 Å². The van der Waals surface area contributed by atoms with Crippen LogP contribution in [-0.4, -0.2) is 31.3 Å². The van der Waals surface area contributed by atoms with Crippen LogP contribution in [-0.2, 0) is 16.2 Å². The van der Waals surface area contributed by atoms with E-state index in [9.17, 15) is 31.2 Å². The van der Waals surface area contributed by atoms with Crippen LogP contribution >= 0.6 is 0 Å². The van der Waals surface area contributed by atoms with Crippen LogP contribution in [0.5, 0.6) is 0 Å². The Labute approximate surface area is 241 Å². The van der Waals surface area contributed by atoms with Crippen LogP contribution in [0.4, 0.5) is 18.9 Å². The molecule has 42 heavy (non-hydrogen) atoms.